The number of carbonyl (C=O) groups is 1. The molecule has 2 N–H and O–H groups in total. The number of methoxy groups -OCH3 is 1. The minimum Gasteiger partial charge on any atom is -0.384 e. The van der Waals surface area contributed by atoms with Gasteiger partial charge in [-0.25, -0.2) is 4.79 Å². The van der Waals surface area contributed by atoms with Crippen LogP contribution in [0.15, 0.2) is 24.3 Å². The number of nitrogens with one attached hydrogen (secondary N) is 2. The molecule has 158 valence electrons. The molecule has 1 atom stereocenters. The molecule has 3 aliphatic rings. The third-order valence-electron chi connectivity index (χ3n) is 6.36. The summed E-state index contributed by atoms with van der Waals surface area (Å²) >= 11 is 0. The van der Waals surface area contributed by atoms with Gasteiger partial charge in [-0.3, -0.25) is 0 Å². The van der Waals surface area contributed by atoms with Gasteiger partial charge in [0, 0.05) is 19.2 Å². The SMILES string of the molecule is CCC1(NC(=O)NC(C)(C)C#Cc2ccc(CCOC)cc2)CN2CCC1CC2. The van der Waals surface area contributed by atoms with Gasteiger partial charge in [0.2, 0.25) is 0 Å². The summed E-state index contributed by atoms with van der Waals surface area (Å²) in [7, 11) is 1.71. The molecule has 3 fully saturated rings. The molecule has 3 aliphatic heterocycles. The monoisotopic (exact) mass is 397 g/mol. The van der Waals surface area contributed by atoms with E-state index < -0.39 is 5.54 Å². The van der Waals surface area contributed by atoms with E-state index in [0.717, 1.165) is 44.6 Å². The Kier molecular flexibility index (Phi) is 6.87. The summed E-state index contributed by atoms with van der Waals surface area (Å²) in [6, 6.07) is 8.08. The van der Waals surface area contributed by atoms with Crippen molar-refractivity contribution in [2.45, 2.75) is 57.5 Å². The van der Waals surface area contributed by atoms with Crippen LogP contribution >= 0.6 is 0 Å². The summed E-state index contributed by atoms with van der Waals surface area (Å²) in [6.45, 7) is 10.1. The second-order valence-corrected chi connectivity index (χ2v) is 8.95. The number of benzene rings is 1. The Hall–Kier alpha value is -2.03. The molecule has 0 saturated carbocycles. The van der Waals surface area contributed by atoms with E-state index in [1.807, 2.05) is 26.0 Å². The number of carbonyl (C=O) groups excluding carboxylic acids is 1. The first-order chi connectivity index (χ1) is 13.9. The molecule has 3 saturated heterocycles. The molecule has 0 aromatic heterocycles. The summed E-state index contributed by atoms with van der Waals surface area (Å²) in [5, 5.41) is 6.40. The predicted molar refractivity (Wildman–Crippen MR) is 117 cm³/mol. The van der Waals surface area contributed by atoms with Gasteiger partial charge in [0.15, 0.2) is 0 Å². The van der Waals surface area contributed by atoms with E-state index in [1.54, 1.807) is 7.11 Å². The third kappa shape index (κ3) is 5.52. The highest BCUT2D eigenvalue weighted by Crippen LogP contribution is 2.37. The van der Waals surface area contributed by atoms with Crippen LogP contribution in [0.4, 0.5) is 4.79 Å². The molecule has 1 aromatic carbocycles. The fourth-order valence-electron chi connectivity index (χ4n) is 4.58. The fraction of sp³-hybridized carbons (Fsp3) is 0.625. The van der Waals surface area contributed by atoms with Crippen LogP contribution < -0.4 is 10.6 Å². The van der Waals surface area contributed by atoms with Gasteiger partial charge in [-0.1, -0.05) is 30.9 Å². The minimum absolute atomic E-state index is 0.109. The molecule has 1 unspecified atom stereocenters. The molecule has 3 heterocycles. The minimum atomic E-state index is -0.609. The molecular weight excluding hydrogens is 362 g/mol. The van der Waals surface area contributed by atoms with E-state index >= 15 is 0 Å². The molecule has 2 bridgehead atoms. The highest BCUT2D eigenvalue weighted by molar-refractivity contribution is 5.76. The Labute approximate surface area is 175 Å². The zero-order valence-corrected chi connectivity index (χ0v) is 18.3. The largest absolute Gasteiger partial charge is 0.384 e. The molecular formula is C24H35N3O2. The fourth-order valence-corrected chi connectivity index (χ4v) is 4.58. The molecule has 4 rings (SSSR count). The highest BCUT2D eigenvalue weighted by Gasteiger charge is 2.46. The topological polar surface area (TPSA) is 53.6 Å². The van der Waals surface area contributed by atoms with Crippen LogP contribution in [0.1, 0.15) is 51.2 Å². The average molecular weight is 398 g/mol. The van der Waals surface area contributed by atoms with Crippen molar-refractivity contribution in [3.05, 3.63) is 35.4 Å². The maximum absolute atomic E-state index is 12.8. The first-order valence-corrected chi connectivity index (χ1v) is 10.8. The van der Waals surface area contributed by atoms with Gasteiger partial charge in [-0.2, -0.15) is 0 Å². The summed E-state index contributed by atoms with van der Waals surface area (Å²) in [6.07, 6.45) is 4.22. The van der Waals surface area contributed by atoms with Crippen molar-refractivity contribution < 1.29 is 9.53 Å². The van der Waals surface area contributed by atoms with Crippen molar-refractivity contribution in [2.75, 3.05) is 33.4 Å². The summed E-state index contributed by atoms with van der Waals surface area (Å²) < 4.78 is 5.11. The molecule has 2 amide bonds. The van der Waals surface area contributed by atoms with Gasteiger partial charge in [-0.15, -0.1) is 0 Å². The quantitative estimate of drug-likeness (QED) is 0.725. The molecule has 0 spiro atoms. The highest BCUT2D eigenvalue weighted by atomic mass is 16.5. The number of hydrogen-bond donors (Lipinski definition) is 2. The Bertz CT molecular complexity index is 755. The third-order valence-corrected chi connectivity index (χ3v) is 6.36. The first-order valence-electron chi connectivity index (χ1n) is 10.8. The van der Waals surface area contributed by atoms with E-state index in [4.69, 9.17) is 4.74 Å². The number of rotatable bonds is 6. The van der Waals surface area contributed by atoms with Crippen molar-refractivity contribution in [3.8, 4) is 11.8 Å². The predicted octanol–water partition coefficient (Wildman–Crippen LogP) is 3.18. The van der Waals surface area contributed by atoms with Gasteiger partial charge in [-0.05, 0) is 76.2 Å². The molecule has 5 heteroatoms. The van der Waals surface area contributed by atoms with E-state index in [-0.39, 0.29) is 11.6 Å². The number of urea groups is 1. The van der Waals surface area contributed by atoms with E-state index in [2.05, 4.69) is 46.4 Å². The van der Waals surface area contributed by atoms with E-state index in [1.165, 1.54) is 18.4 Å². The van der Waals surface area contributed by atoms with Crippen LogP contribution in [0.2, 0.25) is 0 Å². The van der Waals surface area contributed by atoms with Crippen molar-refractivity contribution in [2.24, 2.45) is 5.92 Å². The Balaban J connectivity index is 1.59. The number of fused-ring (bicyclic) bond motifs is 3. The summed E-state index contributed by atoms with van der Waals surface area (Å²) in [5.74, 6) is 6.99. The Morgan fingerprint density at radius 1 is 1.28 bits per heavy atom. The smallest absolute Gasteiger partial charge is 0.316 e. The van der Waals surface area contributed by atoms with Gasteiger partial charge < -0.3 is 20.3 Å². The van der Waals surface area contributed by atoms with Gasteiger partial charge in [0.25, 0.3) is 0 Å². The van der Waals surface area contributed by atoms with Gasteiger partial charge >= 0.3 is 6.03 Å². The van der Waals surface area contributed by atoms with Crippen molar-refractivity contribution in [1.82, 2.24) is 15.5 Å². The van der Waals surface area contributed by atoms with Crippen LogP contribution in [0.25, 0.3) is 0 Å². The normalized spacial score (nSPS) is 25.8. The van der Waals surface area contributed by atoms with Crippen LogP contribution in [-0.4, -0.2) is 55.4 Å². The lowest BCUT2D eigenvalue weighted by Crippen LogP contribution is -2.68. The molecule has 5 nitrogen and oxygen atoms in total. The molecule has 0 radical (unpaired) electrons. The standard InChI is InChI=1S/C24H35N3O2/c1-5-24(18-27-15-11-21(24)12-16-27)26-22(28)25-23(2,3)14-10-19-6-8-20(9-7-19)13-17-29-4/h6-9,21H,5,11-13,15-18H2,1-4H3,(H2,25,26,28). The molecule has 0 aliphatic carbocycles. The maximum Gasteiger partial charge on any atom is 0.316 e. The zero-order chi connectivity index (χ0) is 20.9. The lowest BCUT2D eigenvalue weighted by Gasteiger charge is -2.53. The second-order valence-electron chi connectivity index (χ2n) is 8.95. The van der Waals surface area contributed by atoms with Crippen LogP contribution in [0.3, 0.4) is 0 Å². The summed E-state index contributed by atoms with van der Waals surface area (Å²) in [5.41, 5.74) is 1.46. The Morgan fingerprint density at radius 2 is 1.97 bits per heavy atom. The van der Waals surface area contributed by atoms with Crippen molar-refractivity contribution >= 4 is 6.03 Å². The number of ether oxygens (including phenoxy) is 1. The number of amides is 2. The van der Waals surface area contributed by atoms with Crippen molar-refractivity contribution in [3.63, 3.8) is 0 Å². The summed E-state index contributed by atoms with van der Waals surface area (Å²) in [4.78, 5) is 15.3. The zero-order valence-electron chi connectivity index (χ0n) is 18.3. The number of piperidine rings is 3. The lowest BCUT2D eigenvalue weighted by molar-refractivity contribution is 0.0101. The van der Waals surface area contributed by atoms with Crippen LogP contribution in [0.5, 0.6) is 0 Å². The van der Waals surface area contributed by atoms with E-state index in [0.29, 0.717) is 5.92 Å². The number of hydrogen-bond acceptors (Lipinski definition) is 3. The molecule has 29 heavy (non-hydrogen) atoms. The maximum atomic E-state index is 12.8. The van der Waals surface area contributed by atoms with E-state index in [9.17, 15) is 4.79 Å². The van der Waals surface area contributed by atoms with Crippen LogP contribution in [0, 0.1) is 17.8 Å². The Morgan fingerprint density at radius 3 is 2.52 bits per heavy atom. The van der Waals surface area contributed by atoms with Crippen LogP contribution in [-0.2, 0) is 11.2 Å². The average Bonchev–Trinajstić information content (AvgIpc) is 2.72. The molecule has 1 aromatic rings. The number of nitrogens with zero attached hydrogens (tertiary/aromatic N) is 1. The van der Waals surface area contributed by atoms with Gasteiger partial charge in [0.1, 0.15) is 0 Å². The lowest BCUT2D eigenvalue weighted by atomic mass is 9.71. The van der Waals surface area contributed by atoms with Gasteiger partial charge in [0.05, 0.1) is 17.7 Å². The van der Waals surface area contributed by atoms with Crippen molar-refractivity contribution in [1.29, 1.82) is 0 Å². The first kappa shape index (κ1) is 21.7. The second kappa shape index (κ2) is 9.19.